The molecule has 0 radical (unpaired) electrons. The first-order valence-corrected chi connectivity index (χ1v) is 5.48. The minimum Gasteiger partial charge on any atom is -0.0549 e. The van der Waals surface area contributed by atoms with Crippen molar-refractivity contribution in [2.45, 2.75) is 41.5 Å². The molecule has 15 heavy (non-hydrogen) atoms. The quantitative estimate of drug-likeness (QED) is 0.592. The van der Waals surface area contributed by atoms with E-state index >= 15 is 0 Å². The number of hydrogen-bond donors (Lipinski definition) is 0. The van der Waals surface area contributed by atoms with Crippen molar-refractivity contribution in [1.82, 2.24) is 0 Å². The number of allylic oxidation sites excluding steroid dienone is 1. The van der Waals surface area contributed by atoms with Gasteiger partial charge in [0, 0.05) is 43.5 Å². The Labute approximate surface area is 94.0 Å². The third-order valence-corrected chi connectivity index (χ3v) is 2.33. The summed E-state index contributed by atoms with van der Waals surface area (Å²) in [7, 11) is 0. The third-order valence-electron chi connectivity index (χ3n) is 2.33. The van der Waals surface area contributed by atoms with Crippen molar-refractivity contribution in [1.29, 1.82) is 0 Å². The van der Waals surface area contributed by atoms with Gasteiger partial charge in [-0.25, -0.2) is 0 Å². The zero-order valence-corrected chi connectivity index (χ0v) is 10.7. The van der Waals surface area contributed by atoms with E-state index < -0.39 is 0 Å². The summed E-state index contributed by atoms with van der Waals surface area (Å²) >= 11 is 0. The normalized spacial score (nSPS) is 11.9. The highest BCUT2D eigenvalue weighted by Crippen LogP contribution is 2.20. The summed E-state index contributed by atoms with van der Waals surface area (Å²) in [5.41, 5.74) is 5.40. The van der Waals surface area contributed by atoms with Gasteiger partial charge in [0.05, 0.1) is 11.1 Å². The van der Waals surface area contributed by atoms with Crippen LogP contribution in [0, 0.1) is 32.3 Å². The first kappa shape index (κ1) is 11.9. The highest BCUT2D eigenvalue weighted by atomic mass is 14.1. The lowest BCUT2D eigenvalue weighted by molar-refractivity contribution is 0.542. The molecule has 1 aromatic rings. The molecule has 0 aromatic heterocycles. The van der Waals surface area contributed by atoms with Crippen LogP contribution >= 0.6 is 0 Å². The highest BCUT2D eigenvalue weighted by molar-refractivity contribution is 5.41. The van der Waals surface area contributed by atoms with E-state index in [2.05, 4.69) is 65.8 Å². The van der Waals surface area contributed by atoms with Crippen LogP contribution in [-0.4, -0.2) is 0 Å². The Morgan fingerprint density at radius 3 is 1.87 bits per heavy atom. The predicted octanol–water partition coefficient (Wildman–Crippen LogP) is 4.37. The van der Waals surface area contributed by atoms with Crippen molar-refractivity contribution < 1.29 is 0 Å². The van der Waals surface area contributed by atoms with Crippen LogP contribution in [0.3, 0.4) is 0 Å². The molecule has 80 valence electrons. The minimum atomic E-state index is 0.198. The molecule has 0 saturated carbocycles. The molecule has 0 fully saturated rings. The van der Waals surface area contributed by atoms with E-state index in [4.69, 9.17) is 0 Å². The molecular weight excluding hydrogens is 180 g/mol. The molecule has 1 rings (SSSR count). The molecule has 0 bridgehead atoms. The molecule has 0 aliphatic carbocycles. The largest absolute Gasteiger partial charge is 0.193 e. The fraction of sp³-hybridized carbons (Fsp3) is 0.467. The van der Waals surface area contributed by atoms with E-state index in [0.29, 0.717) is 0 Å². The zero-order valence-electron chi connectivity index (χ0n) is 10.7. The first-order chi connectivity index (χ1) is 6.79. The van der Waals surface area contributed by atoms with Crippen LogP contribution in [-0.2, 0) is 0 Å². The molecule has 0 nitrogen and oxygen atoms in total. The summed E-state index contributed by atoms with van der Waals surface area (Å²) in [6.45, 7) is 13.0. The van der Waals surface area contributed by atoms with Crippen LogP contribution < -0.4 is 0 Å². The maximum Gasteiger partial charge on any atom is 0.193 e. The molecule has 0 amide bonds. The minimum absolute atomic E-state index is 0.198. The maximum atomic E-state index is 3.42. The predicted molar refractivity (Wildman–Crippen MR) is 67.0 cm³/mol. The molecule has 0 atom stereocenters. The van der Waals surface area contributed by atoms with E-state index in [1.54, 1.807) is 0 Å². The van der Waals surface area contributed by atoms with Gasteiger partial charge in [0.25, 0.3) is 0 Å². The van der Waals surface area contributed by atoms with E-state index in [-0.39, 0.29) is 5.41 Å². The van der Waals surface area contributed by atoms with Gasteiger partial charge in [-0.2, -0.15) is 0 Å². The van der Waals surface area contributed by atoms with Crippen LogP contribution in [0.25, 0.3) is 0 Å². The molecular formula is C15H21+. The molecule has 0 aliphatic heterocycles. The van der Waals surface area contributed by atoms with Crippen molar-refractivity contribution in [2.24, 2.45) is 5.41 Å². The summed E-state index contributed by atoms with van der Waals surface area (Å²) in [4.78, 5) is 0. The number of hydrogen-bond acceptors (Lipinski definition) is 0. The molecule has 0 saturated heterocycles. The van der Waals surface area contributed by atoms with E-state index in [0.717, 1.165) is 0 Å². The van der Waals surface area contributed by atoms with Crippen LogP contribution in [0.15, 0.2) is 18.2 Å². The summed E-state index contributed by atoms with van der Waals surface area (Å²) in [6, 6.07) is 4.43. The Morgan fingerprint density at radius 2 is 1.47 bits per heavy atom. The van der Waals surface area contributed by atoms with Crippen LogP contribution in [0.4, 0.5) is 0 Å². The zero-order chi connectivity index (χ0) is 11.6. The molecule has 0 N–H and O–H groups in total. The van der Waals surface area contributed by atoms with Crippen LogP contribution in [0.5, 0.6) is 0 Å². The van der Waals surface area contributed by atoms with Gasteiger partial charge in [-0.1, -0.05) is 20.8 Å². The number of rotatable bonds is 1. The fourth-order valence-electron chi connectivity index (χ4n) is 1.70. The topological polar surface area (TPSA) is 0 Å². The molecule has 0 heteroatoms. The average Bonchev–Trinajstić information content (AvgIpc) is 1.99. The molecule has 1 aromatic carbocycles. The van der Waals surface area contributed by atoms with Crippen LogP contribution in [0.2, 0.25) is 0 Å². The first-order valence-electron chi connectivity index (χ1n) is 5.48. The summed E-state index contributed by atoms with van der Waals surface area (Å²) < 4.78 is 0. The third kappa shape index (κ3) is 3.49. The monoisotopic (exact) mass is 201 g/mol. The molecule has 0 heterocycles. The molecule has 0 spiro atoms. The summed E-state index contributed by atoms with van der Waals surface area (Å²) in [6.07, 6.45) is 5.57. The second-order valence-electron chi connectivity index (χ2n) is 5.43. The van der Waals surface area contributed by atoms with E-state index in [1.807, 2.05) is 0 Å². The second-order valence-corrected chi connectivity index (χ2v) is 5.43. The van der Waals surface area contributed by atoms with Gasteiger partial charge in [0.2, 0.25) is 0 Å². The Morgan fingerprint density at radius 1 is 1.00 bits per heavy atom. The SMILES string of the molecule is Cc1cc(C)c([C+]=CC(C)(C)C)c(C)c1. The fourth-order valence-corrected chi connectivity index (χ4v) is 1.70. The summed E-state index contributed by atoms with van der Waals surface area (Å²) in [5.74, 6) is 0. The smallest absolute Gasteiger partial charge is 0.0549 e. The van der Waals surface area contributed by atoms with Gasteiger partial charge >= 0.3 is 0 Å². The van der Waals surface area contributed by atoms with Crippen molar-refractivity contribution in [3.05, 3.63) is 46.5 Å². The van der Waals surface area contributed by atoms with Crippen molar-refractivity contribution >= 4 is 0 Å². The van der Waals surface area contributed by atoms with Crippen molar-refractivity contribution in [3.8, 4) is 0 Å². The van der Waals surface area contributed by atoms with Gasteiger partial charge in [-0.3, -0.25) is 0 Å². The van der Waals surface area contributed by atoms with E-state index in [1.165, 1.54) is 22.3 Å². The lowest BCUT2D eigenvalue weighted by Crippen LogP contribution is -2.00. The van der Waals surface area contributed by atoms with Gasteiger partial charge in [-0.15, -0.1) is 0 Å². The number of aryl methyl sites for hydroxylation is 3. The lowest BCUT2D eigenvalue weighted by Gasteiger charge is -2.07. The average molecular weight is 201 g/mol. The van der Waals surface area contributed by atoms with E-state index in [9.17, 15) is 0 Å². The van der Waals surface area contributed by atoms with Crippen molar-refractivity contribution in [3.63, 3.8) is 0 Å². The van der Waals surface area contributed by atoms with Gasteiger partial charge in [0.15, 0.2) is 5.56 Å². The standard InChI is InChI=1S/C15H21/c1-11-9-12(2)14(13(3)10-11)7-8-15(4,5)6/h8-10H,1-6H3/q+1. The highest BCUT2D eigenvalue weighted by Gasteiger charge is 2.13. The Balaban J connectivity index is 3.11. The lowest BCUT2D eigenvalue weighted by atomic mass is 9.93. The molecule has 0 unspecified atom stereocenters. The Kier molecular flexibility index (Phi) is 3.31. The maximum absolute atomic E-state index is 3.42. The van der Waals surface area contributed by atoms with Gasteiger partial charge in [-0.05, 0) is 12.5 Å². The van der Waals surface area contributed by atoms with Crippen LogP contribution in [0.1, 0.15) is 43.0 Å². The number of benzene rings is 1. The Hall–Kier alpha value is -1.13. The molecule has 0 aliphatic rings. The van der Waals surface area contributed by atoms with Gasteiger partial charge < -0.3 is 0 Å². The second kappa shape index (κ2) is 4.16. The van der Waals surface area contributed by atoms with Gasteiger partial charge in [0.1, 0.15) is 0 Å². The summed E-state index contributed by atoms with van der Waals surface area (Å²) in [5, 5.41) is 0. The Bertz CT molecular complexity index is 353. The van der Waals surface area contributed by atoms with Crippen molar-refractivity contribution in [2.75, 3.05) is 0 Å².